The van der Waals surface area contributed by atoms with Gasteiger partial charge in [0.15, 0.2) is 0 Å². The van der Waals surface area contributed by atoms with Crippen LogP contribution in [0.4, 0.5) is 5.69 Å². The lowest BCUT2D eigenvalue weighted by atomic mass is 10.3. The van der Waals surface area contributed by atoms with Crippen LogP contribution >= 0.6 is 11.6 Å². The summed E-state index contributed by atoms with van der Waals surface area (Å²) in [6, 6.07) is 7.19. The fraction of sp³-hybridized carbons (Fsp3) is 0.364. The van der Waals surface area contributed by atoms with Crippen molar-refractivity contribution in [2.45, 2.75) is 20.0 Å². The molecule has 0 heterocycles. The molecule has 0 spiro atoms. The van der Waals surface area contributed by atoms with Gasteiger partial charge >= 0.3 is 5.97 Å². The normalized spacial score (nSPS) is 10.1. The molecule has 0 unspecified atom stereocenters. The van der Waals surface area contributed by atoms with Gasteiger partial charge in [-0.05, 0) is 32.0 Å². The molecule has 1 rings (SSSR count). The second-order valence-corrected chi connectivity index (χ2v) is 3.84. The highest BCUT2D eigenvalue weighted by Gasteiger charge is 2.04. The minimum absolute atomic E-state index is 0.0846. The predicted molar refractivity (Wildman–Crippen MR) is 61.2 cm³/mol. The van der Waals surface area contributed by atoms with Crippen LogP contribution < -0.4 is 5.32 Å². The number of hydrogen-bond acceptors (Lipinski definition) is 3. The quantitative estimate of drug-likeness (QED) is 0.804. The second kappa shape index (κ2) is 5.61. The first-order valence-corrected chi connectivity index (χ1v) is 5.14. The van der Waals surface area contributed by atoms with Gasteiger partial charge in [0.25, 0.3) is 0 Å². The van der Waals surface area contributed by atoms with Gasteiger partial charge in [-0.3, -0.25) is 4.79 Å². The number of benzene rings is 1. The maximum atomic E-state index is 11.2. The number of nitrogens with one attached hydrogen (secondary N) is 1. The first kappa shape index (κ1) is 11.9. The fourth-order valence-corrected chi connectivity index (χ4v) is 1.27. The smallest absolute Gasteiger partial charge is 0.325 e. The molecule has 0 aliphatic rings. The molecule has 1 aromatic carbocycles. The Hall–Kier alpha value is -1.22. The number of hydrogen-bond donors (Lipinski definition) is 1. The van der Waals surface area contributed by atoms with Crippen LogP contribution in [-0.2, 0) is 9.53 Å². The number of esters is 1. The number of ether oxygens (including phenoxy) is 1. The average molecular weight is 228 g/mol. The molecule has 0 aromatic heterocycles. The van der Waals surface area contributed by atoms with E-state index in [1.54, 1.807) is 12.1 Å². The molecule has 0 atom stereocenters. The Morgan fingerprint density at radius 3 is 2.87 bits per heavy atom. The third-order valence-corrected chi connectivity index (χ3v) is 1.86. The summed E-state index contributed by atoms with van der Waals surface area (Å²) in [5, 5.41) is 3.57. The Morgan fingerprint density at radius 2 is 2.27 bits per heavy atom. The minimum Gasteiger partial charge on any atom is -0.462 e. The minimum atomic E-state index is -0.273. The number of carbonyl (C=O) groups excluding carboxylic acids is 1. The molecule has 0 bridgehead atoms. The Balaban J connectivity index is 2.40. The van der Waals surface area contributed by atoms with Crippen molar-refractivity contribution in [1.29, 1.82) is 0 Å². The third-order valence-electron chi connectivity index (χ3n) is 1.63. The first-order chi connectivity index (χ1) is 7.08. The summed E-state index contributed by atoms with van der Waals surface area (Å²) in [6.45, 7) is 3.78. The molecule has 0 saturated carbocycles. The van der Waals surface area contributed by atoms with E-state index in [0.717, 1.165) is 5.69 Å². The van der Waals surface area contributed by atoms with Gasteiger partial charge in [0.2, 0.25) is 0 Å². The molecule has 0 amide bonds. The van der Waals surface area contributed by atoms with E-state index in [0.29, 0.717) is 5.02 Å². The standard InChI is InChI=1S/C11H14ClNO2/c1-8(2)15-11(14)7-13-10-5-3-4-9(12)6-10/h3-6,8,13H,7H2,1-2H3. The van der Waals surface area contributed by atoms with E-state index in [4.69, 9.17) is 16.3 Å². The summed E-state index contributed by atoms with van der Waals surface area (Å²) in [7, 11) is 0. The van der Waals surface area contributed by atoms with Crippen molar-refractivity contribution < 1.29 is 9.53 Å². The lowest BCUT2D eigenvalue weighted by Gasteiger charge is -2.09. The van der Waals surface area contributed by atoms with Crippen molar-refractivity contribution in [3.63, 3.8) is 0 Å². The van der Waals surface area contributed by atoms with Crippen LogP contribution in [0.1, 0.15) is 13.8 Å². The Kier molecular flexibility index (Phi) is 4.43. The highest BCUT2D eigenvalue weighted by molar-refractivity contribution is 6.30. The summed E-state index contributed by atoms with van der Waals surface area (Å²) in [5.41, 5.74) is 0.809. The zero-order valence-corrected chi connectivity index (χ0v) is 9.54. The van der Waals surface area contributed by atoms with Crippen molar-refractivity contribution in [2.75, 3.05) is 11.9 Å². The maximum absolute atomic E-state index is 11.2. The lowest BCUT2D eigenvalue weighted by molar-refractivity contribution is -0.145. The maximum Gasteiger partial charge on any atom is 0.325 e. The van der Waals surface area contributed by atoms with E-state index in [1.165, 1.54) is 0 Å². The molecule has 0 aliphatic carbocycles. The third kappa shape index (κ3) is 4.70. The van der Waals surface area contributed by atoms with E-state index >= 15 is 0 Å². The summed E-state index contributed by atoms with van der Waals surface area (Å²) in [5.74, 6) is -0.273. The van der Waals surface area contributed by atoms with Gasteiger partial charge in [-0.25, -0.2) is 0 Å². The number of rotatable bonds is 4. The number of carbonyl (C=O) groups is 1. The van der Waals surface area contributed by atoms with Crippen LogP contribution in [0.5, 0.6) is 0 Å². The topological polar surface area (TPSA) is 38.3 Å². The summed E-state index contributed by atoms with van der Waals surface area (Å²) < 4.78 is 4.97. The Labute approximate surface area is 94.4 Å². The van der Waals surface area contributed by atoms with Crippen molar-refractivity contribution in [3.05, 3.63) is 29.3 Å². The van der Waals surface area contributed by atoms with Crippen molar-refractivity contribution in [1.82, 2.24) is 0 Å². The molecule has 0 saturated heterocycles. The van der Waals surface area contributed by atoms with Crippen LogP contribution in [0, 0.1) is 0 Å². The van der Waals surface area contributed by atoms with Gasteiger partial charge in [0.05, 0.1) is 6.10 Å². The fourth-order valence-electron chi connectivity index (χ4n) is 1.08. The average Bonchev–Trinajstić information content (AvgIpc) is 2.14. The summed E-state index contributed by atoms with van der Waals surface area (Å²) in [4.78, 5) is 11.2. The number of anilines is 1. The van der Waals surface area contributed by atoms with Crippen LogP contribution in [0.15, 0.2) is 24.3 Å². The van der Waals surface area contributed by atoms with Crippen LogP contribution in [0.3, 0.4) is 0 Å². The molecule has 1 N–H and O–H groups in total. The number of halogens is 1. The van der Waals surface area contributed by atoms with E-state index in [2.05, 4.69) is 5.32 Å². The van der Waals surface area contributed by atoms with E-state index < -0.39 is 0 Å². The zero-order chi connectivity index (χ0) is 11.3. The van der Waals surface area contributed by atoms with Gasteiger partial charge < -0.3 is 10.1 Å². The van der Waals surface area contributed by atoms with E-state index in [-0.39, 0.29) is 18.6 Å². The summed E-state index contributed by atoms with van der Waals surface area (Å²) in [6.07, 6.45) is -0.0846. The Morgan fingerprint density at radius 1 is 1.53 bits per heavy atom. The lowest BCUT2D eigenvalue weighted by Crippen LogP contribution is -2.20. The molecule has 0 fully saturated rings. The zero-order valence-electron chi connectivity index (χ0n) is 8.79. The molecule has 1 aromatic rings. The van der Waals surface area contributed by atoms with Gasteiger partial charge in [0, 0.05) is 10.7 Å². The van der Waals surface area contributed by atoms with Crippen LogP contribution in [0.25, 0.3) is 0 Å². The van der Waals surface area contributed by atoms with Crippen molar-refractivity contribution in [3.8, 4) is 0 Å². The summed E-state index contributed by atoms with van der Waals surface area (Å²) >= 11 is 5.79. The van der Waals surface area contributed by atoms with Crippen LogP contribution in [0.2, 0.25) is 5.02 Å². The van der Waals surface area contributed by atoms with E-state index in [9.17, 15) is 4.79 Å². The van der Waals surface area contributed by atoms with Crippen molar-refractivity contribution >= 4 is 23.3 Å². The van der Waals surface area contributed by atoms with Gasteiger partial charge in [-0.2, -0.15) is 0 Å². The highest BCUT2D eigenvalue weighted by Crippen LogP contribution is 2.14. The highest BCUT2D eigenvalue weighted by atomic mass is 35.5. The monoisotopic (exact) mass is 227 g/mol. The van der Waals surface area contributed by atoms with E-state index in [1.807, 2.05) is 26.0 Å². The molecule has 0 radical (unpaired) electrons. The molecule has 15 heavy (non-hydrogen) atoms. The van der Waals surface area contributed by atoms with Gasteiger partial charge in [0.1, 0.15) is 6.54 Å². The first-order valence-electron chi connectivity index (χ1n) is 4.77. The predicted octanol–water partition coefficient (Wildman–Crippen LogP) is 2.70. The van der Waals surface area contributed by atoms with Crippen molar-refractivity contribution in [2.24, 2.45) is 0 Å². The molecule has 0 aliphatic heterocycles. The molecule has 82 valence electrons. The molecular weight excluding hydrogens is 214 g/mol. The Bertz CT molecular complexity index is 339. The largest absolute Gasteiger partial charge is 0.462 e. The van der Waals surface area contributed by atoms with Crippen LogP contribution in [-0.4, -0.2) is 18.6 Å². The second-order valence-electron chi connectivity index (χ2n) is 3.40. The van der Waals surface area contributed by atoms with Gasteiger partial charge in [-0.1, -0.05) is 17.7 Å². The van der Waals surface area contributed by atoms with Gasteiger partial charge in [-0.15, -0.1) is 0 Å². The molecule has 3 nitrogen and oxygen atoms in total. The SMILES string of the molecule is CC(C)OC(=O)CNc1cccc(Cl)c1. The molecule has 4 heteroatoms. The molecular formula is C11H14ClNO2.